The van der Waals surface area contributed by atoms with Gasteiger partial charge in [-0.05, 0) is 12.5 Å². The van der Waals surface area contributed by atoms with Crippen molar-refractivity contribution in [3.8, 4) is 0 Å². The second-order valence-corrected chi connectivity index (χ2v) is 5.57. The molecule has 60 valence electrons. The van der Waals surface area contributed by atoms with Gasteiger partial charge in [-0.1, -0.05) is 0 Å². The van der Waals surface area contributed by atoms with Crippen LogP contribution in [0.25, 0.3) is 0 Å². The fourth-order valence-electron chi connectivity index (χ4n) is 0.311. The molecule has 0 aromatic heterocycles. The number of carboxylic acid groups (broad SMARTS) is 1. The molecule has 0 aliphatic heterocycles. The van der Waals surface area contributed by atoms with Gasteiger partial charge in [-0.3, -0.25) is 4.21 Å². The van der Waals surface area contributed by atoms with E-state index in [1.165, 1.54) is 12.5 Å². The van der Waals surface area contributed by atoms with Gasteiger partial charge in [0.05, 0.1) is 5.97 Å². The van der Waals surface area contributed by atoms with Crippen LogP contribution in [0, 0.1) is 0 Å². The largest absolute Gasteiger partial charge is 1.00 e. The molecular formula is C4H9CuO3S. The van der Waals surface area contributed by atoms with Gasteiger partial charge in [0.1, 0.15) is 0 Å². The minimum Gasteiger partial charge on any atom is -0.549 e. The quantitative estimate of drug-likeness (QED) is 0.415. The molecule has 0 spiro atoms. The zero-order valence-electron chi connectivity index (χ0n) is 5.18. The Morgan fingerprint density at radius 3 is 1.89 bits per heavy atom. The third kappa shape index (κ3) is 11.6. The van der Waals surface area contributed by atoms with E-state index in [0.29, 0.717) is 0 Å². The van der Waals surface area contributed by atoms with E-state index in [-0.39, 0.29) is 22.8 Å². The van der Waals surface area contributed by atoms with Crippen molar-refractivity contribution < 1.29 is 31.2 Å². The molecule has 0 unspecified atom stereocenters. The first kappa shape index (κ1) is 11.9. The van der Waals surface area contributed by atoms with Crippen LogP contribution in [-0.2, 0) is 31.8 Å². The van der Waals surface area contributed by atoms with Crippen molar-refractivity contribution in [2.75, 3.05) is 18.3 Å². The predicted octanol–water partition coefficient (Wildman–Crippen LogP) is -1.99. The summed E-state index contributed by atoms with van der Waals surface area (Å²) in [4.78, 5) is 9.73. The van der Waals surface area contributed by atoms with Crippen LogP contribution < -0.4 is 5.11 Å². The minimum atomic E-state index is -2.38. The Balaban J connectivity index is 0. The van der Waals surface area contributed by atoms with Gasteiger partial charge >= 0.3 is 17.1 Å². The molecule has 0 saturated heterocycles. The van der Waals surface area contributed by atoms with Crippen LogP contribution in [0.15, 0.2) is 0 Å². The molecule has 0 radical (unpaired) electrons. The Hall–Kier alpha value is 0.139. The van der Waals surface area contributed by atoms with E-state index < -0.39 is 15.9 Å². The molecule has 0 aromatic carbocycles. The Kier molecular flexibility index (Phi) is 5.33. The Morgan fingerprint density at radius 2 is 1.89 bits per heavy atom. The van der Waals surface area contributed by atoms with Crippen LogP contribution in [0.2, 0.25) is 0 Å². The fourth-order valence-corrected chi connectivity index (χ4v) is 0.933. The number of carbonyl (C=O) groups excluding carboxylic acids is 1. The topological polar surface area (TPSA) is 57.2 Å². The van der Waals surface area contributed by atoms with Gasteiger partial charge in [-0.2, -0.15) is 0 Å². The molecular weight excluding hydrogens is 192 g/mol. The summed E-state index contributed by atoms with van der Waals surface area (Å²) in [6.07, 6.45) is 2.84. The average molecular weight is 201 g/mol. The van der Waals surface area contributed by atoms with E-state index in [1.807, 2.05) is 0 Å². The van der Waals surface area contributed by atoms with Gasteiger partial charge in [-0.15, -0.1) is 9.93 Å². The average Bonchev–Trinajstić information content (AvgIpc) is 1.21. The summed E-state index contributed by atoms with van der Waals surface area (Å²) in [6.45, 7) is 0. The first-order valence-electron chi connectivity index (χ1n) is 2.16. The molecule has 0 heterocycles. The van der Waals surface area contributed by atoms with Crippen LogP contribution >= 0.6 is 0 Å². The second-order valence-electron chi connectivity index (χ2n) is 2.10. The zero-order valence-corrected chi connectivity index (χ0v) is 7.02. The third-order valence-electron chi connectivity index (χ3n) is 0.510. The maximum Gasteiger partial charge on any atom is 1.00 e. The molecule has 0 N–H and O–H groups in total. The Labute approximate surface area is 65.7 Å². The minimum absolute atomic E-state index is 0. The van der Waals surface area contributed by atoms with E-state index in [0.717, 1.165) is 0 Å². The number of carbonyl (C=O) groups is 1. The smallest absolute Gasteiger partial charge is 0.549 e. The number of aliphatic carboxylic acids is 1. The molecule has 0 rings (SSSR count). The molecule has 5 heteroatoms. The molecule has 0 fully saturated rings. The number of carboxylic acids is 1. The van der Waals surface area contributed by atoms with E-state index in [9.17, 15) is 14.1 Å². The molecule has 0 amide bonds. The van der Waals surface area contributed by atoms with Gasteiger partial charge in [0.15, 0.2) is 0 Å². The summed E-state index contributed by atoms with van der Waals surface area (Å²) in [5, 5.41) is 9.73. The Morgan fingerprint density at radius 1 is 1.56 bits per heavy atom. The van der Waals surface area contributed by atoms with Crippen molar-refractivity contribution in [1.29, 1.82) is 0 Å². The van der Waals surface area contributed by atoms with Gasteiger partial charge in [0.2, 0.25) is 0 Å². The van der Waals surface area contributed by atoms with Crippen molar-refractivity contribution in [3.63, 3.8) is 0 Å². The molecule has 9 heavy (non-hydrogen) atoms. The van der Waals surface area contributed by atoms with Crippen LogP contribution in [0.4, 0.5) is 0 Å². The van der Waals surface area contributed by atoms with E-state index in [4.69, 9.17) is 0 Å². The Bertz CT molecular complexity index is 139. The van der Waals surface area contributed by atoms with Crippen LogP contribution in [0.5, 0.6) is 0 Å². The zero-order chi connectivity index (χ0) is 6.78. The summed E-state index contributed by atoms with van der Waals surface area (Å²) < 4.78 is 10.6. The molecule has 0 atom stereocenters. The molecule has 3 nitrogen and oxygen atoms in total. The van der Waals surface area contributed by atoms with E-state index >= 15 is 0 Å². The summed E-state index contributed by atoms with van der Waals surface area (Å²) in [6, 6.07) is 0. The molecule has 0 bridgehead atoms. The van der Waals surface area contributed by atoms with Gasteiger partial charge < -0.3 is 9.90 Å². The molecule has 0 saturated carbocycles. The third-order valence-corrected chi connectivity index (χ3v) is 1.53. The molecule has 0 aliphatic carbocycles. The maximum absolute atomic E-state index is 10.6. The summed E-state index contributed by atoms with van der Waals surface area (Å²) in [5.41, 5.74) is 0. The van der Waals surface area contributed by atoms with Crippen molar-refractivity contribution in [3.05, 3.63) is 0 Å². The monoisotopic (exact) mass is 200 g/mol. The van der Waals surface area contributed by atoms with Crippen molar-refractivity contribution in [2.24, 2.45) is 0 Å². The van der Waals surface area contributed by atoms with Gasteiger partial charge in [0.25, 0.3) is 0 Å². The van der Waals surface area contributed by atoms with E-state index in [1.54, 1.807) is 0 Å². The van der Waals surface area contributed by atoms with Crippen molar-refractivity contribution >= 4 is 15.9 Å². The second kappa shape index (κ2) is 4.04. The van der Waals surface area contributed by atoms with Crippen molar-refractivity contribution in [2.45, 2.75) is 0 Å². The van der Waals surface area contributed by atoms with Crippen LogP contribution in [0.1, 0.15) is 0 Å². The molecule has 0 aromatic rings. The van der Waals surface area contributed by atoms with Crippen LogP contribution in [0.3, 0.4) is 0 Å². The number of hydrogen-bond acceptors (Lipinski definition) is 3. The SMILES string of the molecule is C[SH](C)(=O)CC(=O)[O-].[Cu+]. The summed E-state index contributed by atoms with van der Waals surface area (Å²) in [5.74, 6) is -1.55. The normalized spacial score (nSPS) is 11.8. The molecule has 0 aliphatic rings. The fraction of sp³-hybridized carbons (Fsp3) is 0.750. The first-order valence-corrected chi connectivity index (χ1v) is 4.94. The standard InChI is InChI=1S/C4H10O3S.Cu/c1-8(2,7)3-4(5)6;/h8H,3H2,1-2H3,(H,5,6);/q;+1/p-1. The van der Waals surface area contributed by atoms with Crippen LogP contribution in [-0.4, -0.2) is 28.4 Å². The van der Waals surface area contributed by atoms with E-state index in [2.05, 4.69) is 0 Å². The summed E-state index contributed by atoms with van der Waals surface area (Å²) in [7, 11) is -2.38. The van der Waals surface area contributed by atoms with Gasteiger partial charge in [-0.25, -0.2) is 0 Å². The summed E-state index contributed by atoms with van der Waals surface area (Å²) >= 11 is 0. The maximum atomic E-state index is 10.6. The number of hydrogen-bond donors (Lipinski definition) is 1. The number of thiol groups is 1. The van der Waals surface area contributed by atoms with Gasteiger partial charge in [0, 0.05) is 5.75 Å². The predicted molar refractivity (Wildman–Crippen MR) is 31.3 cm³/mol. The van der Waals surface area contributed by atoms with Crippen molar-refractivity contribution in [1.82, 2.24) is 0 Å². The number of rotatable bonds is 2. The first-order chi connectivity index (χ1) is 3.42.